The maximum absolute atomic E-state index is 12.2. The average Bonchev–Trinajstić information content (AvgIpc) is 2.87. The fourth-order valence-corrected chi connectivity index (χ4v) is 3.93. The van der Waals surface area contributed by atoms with E-state index in [1.54, 1.807) is 0 Å². The van der Waals surface area contributed by atoms with E-state index in [1.165, 1.54) is 5.56 Å². The highest BCUT2D eigenvalue weighted by Crippen LogP contribution is 2.31. The molecule has 2 fully saturated rings. The Balaban J connectivity index is 1.59. The molecule has 3 amide bonds. The fraction of sp³-hybridized carbons (Fsp3) is 0.579. The number of nitrogens with zero attached hydrogens (tertiary/aromatic N) is 1. The van der Waals surface area contributed by atoms with Crippen LogP contribution in [0.2, 0.25) is 0 Å². The van der Waals surface area contributed by atoms with Crippen LogP contribution in [0.4, 0.5) is 4.79 Å². The van der Waals surface area contributed by atoms with Crippen molar-refractivity contribution in [2.24, 2.45) is 5.92 Å². The minimum absolute atomic E-state index is 0.164. The number of carbonyl (C=O) groups excluding carboxylic acids is 2. The van der Waals surface area contributed by atoms with Crippen LogP contribution in [-0.2, 0) is 11.2 Å². The van der Waals surface area contributed by atoms with Gasteiger partial charge >= 0.3 is 6.03 Å². The van der Waals surface area contributed by atoms with E-state index in [1.807, 2.05) is 13.0 Å². The molecule has 0 bridgehead atoms. The van der Waals surface area contributed by atoms with E-state index in [-0.39, 0.29) is 17.9 Å². The molecule has 2 aliphatic rings. The number of aryl methyl sites for hydroxylation is 1. The highest BCUT2D eigenvalue weighted by molar-refractivity contribution is 6.06. The summed E-state index contributed by atoms with van der Waals surface area (Å²) in [4.78, 5) is 26.2. The molecule has 0 radical (unpaired) electrons. The summed E-state index contributed by atoms with van der Waals surface area (Å²) >= 11 is 0. The summed E-state index contributed by atoms with van der Waals surface area (Å²) < 4.78 is 0. The van der Waals surface area contributed by atoms with E-state index in [0.29, 0.717) is 6.04 Å². The zero-order valence-electron chi connectivity index (χ0n) is 14.5. The van der Waals surface area contributed by atoms with Gasteiger partial charge in [0.15, 0.2) is 0 Å². The molecule has 0 spiro atoms. The Hall–Kier alpha value is -1.88. The zero-order chi connectivity index (χ0) is 17.2. The first-order valence-corrected chi connectivity index (χ1v) is 8.90. The second-order valence-electron chi connectivity index (χ2n) is 7.32. The minimum Gasteiger partial charge on any atom is -0.323 e. The number of urea groups is 1. The Morgan fingerprint density at radius 1 is 1.29 bits per heavy atom. The first-order valence-electron chi connectivity index (χ1n) is 8.90. The van der Waals surface area contributed by atoms with E-state index < -0.39 is 5.54 Å². The normalized spacial score (nSPS) is 29.2. The van der Waals surface area contributed by atoms with Gasteiger partial charge in [-0.3, -0.25) is 10.1 Å². The lowest BCUT2D eigenvalue weighted by molar-refractivity contribution is -0.126. The standard InChI is InChI=1S/C19H27N3O2/c1-14(10-11-15-7-4-3-5-8-15)22-12-6-9-16(13-22)19(2)17(23)20-18(24)21-19/h3-5,7-8,14,16H,6,9-13H2,1-2H3,(H2,20,21,23,24)/t14-,16-,19-/m1/s1. The van der Waals surface area contributed by atoms with Gasteiger partial charge in [-0.25, -0.2) is 4.79 Å². The van der Waals surface area contributed by atoms with Gasteiger partial charge < -0.3 is 10.2 Å². The van der Waals surface area contributed by atoms with Gasteiger partial charge in [0, 0.05) is 18.5 Å². The maximum Gasteiger partial charge on any atom is 0.322 e. The van der Waals surface area contributed by atoms with Crippen molar-refractivity contribution >= 4 is 11.9 Å². The van der Waals surface area contributed by atoms with Gasteiger partial charge in [0.05, 0.1) is 0 Å². The number of imide groups is 1. The number of piperidine rings is 1. The van der Waals surface area contributed by atoms with Crippen LogP contribution in [-0.4, -0.2) is 41.5 Å². The van der Waals surface area contributed by atoms with Gasteiger partial charge in [0.1, 0.15) is 5.54 Å². The van der Waals surface area contributed by atoms with E-state index in [4.69, 9.17) is 0 Å². The van der Waals surface area contributed by atoms with Crippen molar-refractivity contribution in [1.29, 1.82) is 0 Å². The third kappa shape index (κ3) is 3.46. The van der Waals surface area contributed by atoms with Crippen molar-refractivity contribution in [2.75, 3.05) is 13.1 Å². The van der Waals surface area contributed by atoms with Gasteiger partial charge in [0.25, 0.3) is 5.91 Å². The molecule has 3 rings (SSSR count). The Morgan fingerprint density at radius 3 is 2.71 bits per heavy atom. The molecule has 2 saturated heterocycles. The predicted molar refractivity (Wildman–Crippen MR) is 93.6 cm³/mol. The molecular formula is C19H27N3O2. The van der Waals surface area contributed by atoms with Gasteiger partial charge in [0.2, 0.25) is 0 Å². The summed E-state index contributed by atoms with van der Waals surface area (Å²) in [6.07, 6.45) is 4.22. The van der Waals surface area contributed by atoms with Gasteiger partial charge in [-0.05, 0) is 51.6 Å². The topological polar surface area (TPSA) is 61.4 Å². The number of carbonyl (C=O) groups is 2. The van der Waals surface area contributed by atoms with Crippen LogP contribution in [0, 0.1) is 5.92 Å². The van der Waals surface area contributed by atoms with Crippen LogP contribution in [0.5, 0.6) is 0 Å². The number of rotatable bonds is 5. The summed E-state index contributed by atoms with van der Waals surface area (Å²) in [6.45, 7) is 6.05. The van der Waals surface area contributed by atoms with Crippen LogP contribution in [0.15, 0.2) is 30.3 Å². The maximum atomic E-state index is 12.2. The lowest BCUT2D eigenvalue weighted by Crippen LogP contribution is -2.56. The number of benzene rings is 1. The van der Waals surface area contributed by atoms with Crippen molar-refractivity contribution in [3.05, 3.63) is 35.9 Å². The Morgan fingerprint density at radius 2 is 2.04 bits per heavy atom. The molecule has 1 aromatic carbocycles. The molecule has 0 aromatic heterocycles. The number of amides is 3. The van der Waals surface area contributed by atoms with Crippen LogP contribution < -0.4 is 10.6 Å². The third-order valence-corrected chi connectivity index (χ3v) is 5.66. The minimum atomic E-state index is -0.769. The molecule has 5 heteroatoms. The van der Waals surface area contributed by atoms with Crippen molar-refractivity contribution in [2.45, 2.75) is 51.1 Å². The van der Waals surface area contributed by atoms with Crippen LogP contribution in [0.1, 0.15) is 38.7 Å². The molecule has 5 nitrogen and oxygen atoms in total. The second-order valence-corrected chi connectivity index (χ2v) is 7.32. The van der Waals surface area contributed by atoms with E-state index in [9.17, 15) is 9.59 Å². The highest BCUT2D eigenvalue weighted by atomic mass is 16.2. The van der Waals surface area contributed by atoms with Crippen molar-refractivity contribution in [3.8, 4) is 0 Å². The number of nitrogens with one attached hydrogen (secondary N) is 2. The van der Waals surface area contributed by atoms with Gasteiger partial charge in [-0.1, -0.05) is 30.3 Å². The molecule has 2 aliphatic heterocycles. The first kappa shape index (κ1) is 17.0. The number of hydrogen-bond donors (Lipinski definition) is 2. The number of likely N-dealkylation sites (tertiary alicyclic amines) is 1. The van der Waals surface area contributed by atoms with Gasteiger partial charge in [-0.2, -0.15) is 0 Å². The Kier molecular flexibility index (Phi) is 4.90. The molecule has 2 N–H and O–H groups in total. The monoisotopic (exact) mass is 329 g/mol. The third-order valence-electron chi connectivity index (χ3n) is 5.66. The van der Waals surface area contributed by atoms with E-state index >= 15 is 0 Å². The molecule has 1 aromatic rings. The smallest absolute Gasteiger partial charge is 0.322 e. The summed E-state index contributed by atoms with van der Waals surface area (Å²) in [6, 6.07) is 10.7. The summed E-state index contributed by atoms with van der Waals surface area (Å²) in [7, 11) is 0. The lowest BCUT2D eigenvalue weighted by Gasteiger charge is -2.42. The molecule has 0 unspecified atom stereocenters. The molecule has 24 heavy (non-hydrogen) atoms. The van der Waals surface area contributed by atoms with Crippen LogP contribution in [0.3, 0.4) is 0 Å². The summed E-state index contributed by atoms with van der Waals surface area (Å²) in [5.41, 5.74) is 0.599. The lowest BCUT2D eigenvalue weighted by atomic mass is 9.79. The first-order chi connectivity index (χ1) is 11.5. The Bertz CT molecular complexity index is 604. The van der Waals surface area contributed by atoms with Crippen molar-refractivity contribution in [1.82, 2.24) is 15.5 Å². The summed E-state index contributed by atoms with van der Waals surface area (Å²) in [5.74, 6) is -0.0202. The molecule has 2 heterocycles. The fourth-order valence-electron chi connectivity index (χ4n) is 3.93. The largest absolute Gasteiger partial charge is 0.323 e. The summed E-state index contributed by atoms with van der Waals surface area (Å²) in [5, 5.41) is 5.23. The Labute approximate surface area is 143 Å². The number of hydrogen-bond acceptors (Lipinski definition) is 3. The predicted octanol–water partition coefficient (Wildman–Crippen LogP) is 2.32. The molecular weight excluding hydrogens is 302 g/mol. The molecule has 0 saturated carbocycles. The van der Waals surface area contributed by atoms with E-state index in [2.05, 4.69) is 46.7 Å². The average molecular weight is 329 g/mol. The SMILES string of the molecule is C[C@H](CCc1ccccc1)N1CCC[C@@H]([C@@]2(C)NC(=O)NC2=O)C1. The molecule has 0 aliphatic carbocycles. The quantitative estimate of drug-likeness (QED) is 0.815. The van der Waals surface area contributed by atoms with Crippen LogP contribution in [0.25, 0.3) is 0 Å². The van der Waals surface area contributed by atoms with E-state index in [0.717, 1.165) is 38.8 Å². The van der Waals surface area contributed by atoms with Crippen LogP contribution >= 0.6 is 0 Å². The molecule has 3 atom stereocenters. The van der Waals surface area contributed by atoms with Gasteiger partial charge in [-0.15, -0.1) is 0 Å². The second kappa shape index (κ2) is 6.93. The molecule has 130 valence electrons. The van der Waals surface area contributed by atoms with Crippen molar-refractivity contribution in [3.63, 3.8) is 0 Å². The highest BCUT2D eigenvalue weighted by Gasteiger charge is 2.49. The van der Waals surface area contributed by atoms with Crippen molar-refractivity contribution < 1.29 is 9.59 Å². The zero-order valence-corrected chi connectivity index (χ0v) is 14.5.